The Kier molecular flexibility index (Phi) is 8.90. The van der Waals surface area contributed by atoms with E-state index in [9.17, 15) is 18.0 Å². The van der Waals surface area contributed by atoms with Gasteiger partial charge in [0.1, 0.15) is 4.88 Å². The van der Waals surface area contributed by atoms with Crippen molar-refractivity contribution < 1.29 is 18.0 Å². The van der Waals surface area contributed by atoms with E-state index in [0.29, 0.717) is 27.4 Å². The van der Waals surface area contributed by atoms with E-state index in [0.717, 1.165) is 11.3 Å². The van der Waals surface area contributed by atoms with Crippen LogP contribution in [0.1, 0.15) is 48.5 Å². The molecule has 0 atom stereocenters. The van der Waals surface area contributed by atoms with Crippen LogP contribution in [-0.2, 0) is 6.54 Å². The van der Waals surface area contributed by atoms with E-state index in [1.165, 1.54) is 24.3 Å². The van der Waals surface area contributed by atoms with Gasteiger partial charge in [0.15, 0.2) is 0 Å². The first kappa shape index (κ1) is 24.7. The molecule has 0 unspecified atom stereocenters. The first-order chi connectivity index (χ1) is 13.5. The molecule has 1 aromatic carbocycles. The zero-order chi connectivity index (χ0) is 22.4. The average molecular weight is 447 g/mol. The van der Waals surface area contributed by atoms with Crippen molar-refractivity contribution in [1.82, 2.24) is 5.32 Å². The predicted molar refractivity (Wildman–Crippen MR) is 116 cm³/mol. The Labute approximate surface area is 176 Å². The van der Waals surface area contributed by atoms with Crippen LogP contribution in [0, 0.1) is 0 Å². The van der Waals surface area contributed by atoms with Gasteiger partial charge in [0.25, 0.3) is 5.91 Å². The molecule has 0 spiro atoms. The van der Waals surface area contributed by atoms with Crippen molar-refractivity contribution in [3.8, 4) is 0 Å². The molecule has 10 heteroatoms. The molecule has 1 aromatic heterocycles. The third-order valence-electron chi connectivity index (χ3n) is 3.76. The van der Waals surface area contributed by atoms with Crippen molar-refractivity contribution in [2.75, 3.05) is 11.5 Å². The van der Waals surface area contributed by atoms with Crippen LogP contribution < -0.4 is 22.5 Å². The van der Waals surface area contributed by atoms with E-state index in [1.54, 1.807) is 13.8 Å². The smallest absolute Gasteiger partial charge is 0.402 e. The molecule has 0 saturated heterocycles. The van der Waals surface area contributed by atoms with Crippen LogP contribution in [0.3, 0.4) is 0 Å². The minimum atomic E-state index is -4.33. The predicted octanol–water partition coefficient (Wildman–Crippen LogP) is 5.19. The number of nitrogens with two attached hydrogens (primary N) is 3. The molecule has 0 aliphatic heterocycles. The van der Waals surface area contributed by atoms with E-state index in [-0.39, 0.29) is 33.8 Å². The molecule has 160 valence electrons. The molecule has 5 nitrogen and oxygen atoms in total. The Bertz CT molecular complexity index is 871. The number of halogens is 3. The standard InChI is InChI=1S/C17H19F3N4OS2.C2H6/c1-8(9(2)21)12-13(22)14(26-15(12)23)16(25)24-7-10-3-5-11(6-4-10)27-17(18,19)20;1-2/h3-6H,7,21-23H2,1-2H3,(H,24,25);1-2H3/b9-8-;. The van der Waals surface area contributed by atoms with Gasteiger partial charge in [-0.3, -0.25) is 4.79 Å². The number of thiophene rings is 1. The highest BCUT2D eigenvalue weighted by Gasteiger charge is 2.29. The minimum absolute atomic E-state index is 0.0805. The second-order valence-electron chi connectivity index (χ2n) is 5.77. The molecule has 29 heavy (non-hydrogen) atoms. The fourth-order valence-corrected chi connectivity index (χ4v) is 3.79. The Morgan fingerprint density at radius 1 is 1.14 bits per heavy atom. The quantitative estimate of drug-likeness (QED) is 0.473. The van der Waals surface area contributed by atoms with E-state index < -0.39 is 11.4 Å². The second-order valence-corrected chi connectivity index (χ2v) is 7.96. The Morgan fingerprint density at radius 3 is 2.17 bits per heavy atom. The van der Waals surface area contributed by atoms with Gasteiger partial charge in [-0.25, -0.2) is 0 Å². The number of nitrogens with one attached hydrogen (secondary N) is 1. The third-order valence-corrected chi connectivity index (χ3v) is 5.53. The van der Waals surface area contributed by atoms with E-state index in [1.807, 2.05) is 13.8 Å². The molecule has 0 aliphatic rings. The number of anilines is 2. The molecule has 0 bridgehead atoms. The van der Waals surface area contributed by atoms with Crippen molar-refractivity contribution in [3.63, 3.8) is 0 Å². The van der Waals surface area contributed by atoms with Gasteiger partial charge in [-0.1, -0.05) is 26.0 Å². The lowest BCUT2D eigenvalue weighted by Gasteiger charge is -2.08. The number of hydrogen-bond acceptors (Lipinski definition) is 6. The number of alkyl halides is 3. The number of allylic oxidation sites excluding steroid dienone is 2. The van der Waals surface area contributed by atoms with Gasteiger partial charge in [0.05, 0.1) is 10.7 Å². The summed E-state index contributed by atoms with van der Waals surface area (Å²) in [5.74, 6) is -0.410. The van der Waals surface area contributed by atoms with E-state index in [2.05, 4.69) is 5.32 Å². The summed E-state index contributed by atoms with van der Waals surface area (Å²) in [4.78, 5) is 12.8. The lowest BCUT2D eigenvalue weighted by molar-refractivity contribution is -0.0328. The molecule has 7 N–H and O–H groups in total. The van der Waals surface area contributed by atoms with E-state index in [4.69, 9.17) is 17.2 Å². The molecule has 0 saturated carbocycles. The lowest BCUT2D eigenvalue weighted by Crippen LogP contribution is -2.22. The summed E-state index contributed by atoms with van der Waals surface area (Å²) in [5, 5.41) is 3.09. The van der Waals surface area contributed by atoms with E-state index >= 15 is 0 Å². The van der Waals surface area contributed by atoms with Gasteiger partial charge in [-0.2, -0.15) is 13.2 Å². The Hall–Kier alpha value is -2.33. The molecular formula is C19H25F3N4OS2. The van der Waals surface area contributed by atoms with Gasteiger partial charge < -0.3 is 22.5 Å². The first-order valence-corrected chi connectivity index (χ1v) is 10.4. The molecule has 0 aliphatic carbocycles. The number of amides is 1. The van der Waals surface area contributed by atoms with Crippen LogP contribution >= 0.6 is 23.1 Å². The van der Waals surface area contributed by atoms with Gasteiger partial charge >= 0.3 is 5.51 Å². The maximum Gasteiger partial charge on any atom is 0.446 e. The monoisotopic (exact) mass is 446 g/mol. The van der Waals surface area contributed by atoms with Crippen LogP contribution in [0.15, 0.2) is 34.9 Å². The third kappa shape index (κ3) is 6.90. The summed E-state index contributed by atoms with van der Waals surface area (Å²) >= 11 is 0.873. The Morgan fingerprint density at radius 2 is 1.69 bits per heavy atom. The molecular weight excluding hydrogens is 421 g/mol. The van der Waals surface area contributed by atoms with Gasteiger partial charge in [0.2, 0.25) is 0 Å². The van der Waals surface area contributed by atoms with Gasteiger partial charge in [-0.05, 0) is 48.9 Å². The number of benzene rings is 1. The summed E-state index contributed by atoms with van der Waals surface area (Å²) in [7, 11) is 0. The van der Waals surface area contributed by atoms with Crippen LogP contribution in [0.25, 0.3) is 5.57 Å². The molecule has 2 aromatic rings. The SMILES string of the molecule is C/C(N)=C(\C)c1c(N)sc(C(=O)NCc2ccc(SC(F)(F)F)cc2)c1N.CC. The number of carbonyl (C=O) groups excluding carboxylic acids is 1. The largest absolute Gasteiger partial charge is 0.446 e. The first-order valence-electron chi connectivity index (χ1n) is 8.73. The lowest BCUT2D eigenvalue weighted by atomic mass is 10.1. The number of carbonyl (C=O) groups is 1. The topological polar surface area (TPSA) is 107 Å². The highest BCUT2D eigenvalue weighted by Crippen LogP contribution is 2.39. The number of rotatable bonds is 5. The van der Waals surface area contributed by atoms with Crippen LogP contribution in [-0.4, -0.2) is 11.4 Å². The van der Waals surface area contributed by atoms with Crippen molar-refractivity contribution >= 4 is 45.3 Å². The average Bonchev–Trinajstić information content (AvgIpc) is 2.95. The molecule has 0 fully saturated rings. The molecule has 1 amide bonds. The van der Waals surface area contributed by atoms with Crippen molar-refractivity contribution in [3.05, 3.63) is 46.0 Å². The molecule has 2 rings (SSSR count). The molecule has 0 radical (unpaired) electrons. The molecule has 1 heterocycles. The van der Waals surface area contributed by atoms with Crippen LogP contribution in [0.5, 0.6) is 0 Å². The van der Waals surface area contributed by atoms with Gasteiger partial charge in [-0.15, -0.1) is 11.3 Å². The number of hydrogen-bond donors (Lipinski definition) is 4. The van der Waals surface area contributed by atoms with Crippen LogP contribution in [0.2, 0.25) is 0 Å². The summed E-state index contributed by atoms with van der Waals surface area (Å²) in [6, 6.07) is 5.76. The van der Waals surface area contributed by atoms with Gasteiger partial charge in [0, 0.05) is 22.7 Å². The van der Waals surface area contributed by atoms with Crippen molar-refractivity contribution in [2.24, 2.45) is 5.73 Å². The summed E-state index contributed by atoms with van der Waals surface area (Å²) in [6.45, 7) is 7.63. The minimum Gasteiger partial charge on any atom is -0.402 e. The highest BCUT2D eigenvalue weighted by molar-refractivity contribution is 8.00. The van der Waals surface area contributed by atoms with Crippen LogP contribution in [0.4, 0.5) is 23.9 Å². The maximum absolute atomic E-state index is 12.4. The fraction of sp³-hybridized carbons (Fsp3) is 0.316. The number of nitrogen functional groups attached to an aromatic ring is 2. The summed E-state index contributed by atoms with van der Waals surface area (Å²) in [6.07, 6.45) is 0. The summed E-state index contributed by atoms with van der Waals surface area (Å²) < 4.78 is 37.0. The maximum atomic E-state index is 12.4. The number of thioether (sulfide) groups is 1. The normalized spacial score (nSPS) is 12.0. The highest BCUT2D eigenvalue weighted by atomic mass is 32.2. The van der Waals surface area contributed by atoms with Crippen molar-refractivity contribution in [1.29, 1.82) is 0 Å². The zero-order valence-electron chi connectivity index (χ0n) is 16.6. The Balaban J connectivity index is 0.00000204. The van der Waals surface area contributed by atoms with Crippen molar-refractivity contribution in [2.45, 2.75) is 44.6 Å². The zero-order valence-corrected chi connectivity index (χ0v) is 18.2. The summed E-state index contributed by atoms with van der Waals surface area (Å²) in [5.41, 5.74) is 16.2. The second kappa shape index (κ2) is 10.4. The fourth-order valence-electron chi connectivity index (χ4n) is 2.29.